The van der Waals surface area contributed by atoms with Gasteiger partial charge in [0.05, 0.1) is 5.92 Å². The molecule has 2 aliphatic carbocycles. The summed E-state index contributed by atoms with van der Waals surface area (Å²) in [5, 5.41) is 12.0. The van der Waals surface area contributed by atoms with Crippen molar-refractivity contribution in [2.45, 2.75) is 82.7 Å². The van der Waals surface area contributed by atoms with Crippen LogP contribution in [-0.2, 0) is 9.59 Å². The number of amides is 1. The molecule has 138 valence electrons. The van der Waals surface area contributed by atoms with Gasteiger partial charge in [0.25, 0.3) is 0 Å². The van der Waals surface area contributed by atoms with Crippen LogP contribution in [0.3, 0.4) is 0 Å². The predicted octanol–water partition coefficient (Wildman–Crippen LogP) is 3.04. The van der Waals surface area contributed by atoms with E-state index in [0.717, 1.165) is 51.4 Å². The summed E-state index contributed by atoms with van der Waals surface area (Å²) in [7, 11) is 4.16. The Morgan fingerprint density at radius 3 is 2.33 bits per heavy atom. The van der Waals surface area contributed by atoms with Crippen molar-refractivity contribution >= 4 is 11.9 Å². The molecule has 24 heavy (non-hydrogen) atoms. The average molecular weight is 338 g/mol. The molecule has 0 aromatic heterocycles. The van der Waals surface area contributed by atoms with Crippen LogP contribution in [0.2, 0.25) is 0 Å². The number of carboxylic acid groups (broad SMARTS) is 1. The fourth-order valence-corrected chi connectivity index (χ4v) is 4.48. The molecule has 2 saturated carbocycles. The third kappa shape index (κ3) is 5.76. The van der Waals surface area contributed by atoms with Crippen molar-refractivity contribution < 1.29 is 14.7 Å². The summed E-state index contributed by atoms with van der Waals surface area (Å²) in [6.45, 7) is 0. The highest BCUT2D eigenvalue weighted by molar-refractivity contribution is 5.79. The van der Waals surface area contributed by atoms with E-state index in [1.165, 1.54) is 12.8 Å². The van der Waals surface area contributed by atoms with Gasteiger partial charge in [-0.25, -0.2) is 0 Å². The zero-order valence-corrected chi connectivity index (χ0v) is 15.3. The second kappa shape index (κ2) is 9.40. The molecule has 0 aromatic carbocycles. The number of nitrogens with one attached hydrogen (secondary N) is 1. The molecule has 0 radical (unpaired) electrons. The van der Waals surface area contributed by atoms with E-state index in [1.54, 1.807) is 0 Å². The van der Waals surface area contributed by atoms with Gasteiger partial charge in [-0.15, -0.1) is 0 Å². The number of hydrogen-bond acceptors (Lipinski definition) is 3. The molecule has 2 unspecified atom stereocenters. The van der Waals surface area contributed by atoms with Crippen molar-refractivity contribution in [3.63, 3.8) is 0 Å². The van der Waals surface area contributed by atoms with Crippen molar-refractivity contribution in [3.05, 3.63) is 0 Å². The third-order valence-corrected chi connectivity index (χ3v) is 5.93. The largest absolute Gasteiger partial charge is 0.481 e. The zero-order valence-electron chi connectivity index (χ0n) is 15.3. The van der Waals surface area contributed by atoms with Gasteiger partial charge in [0.1, 0.15) is 0 Å². The minimum Gasteiger partial charge on any atom is -0.481 e. The molecule has 5 nitrogen and oxygen atoms in total. The smallest absolute Gasteiger partial charge is 0.303 e. The quantitative estimate of drug-likeness (QED) is 0.748. The van der Waals surface area contributed by atoms with Gasteiger partial charge in [-0.05, 0) is 71.4 Å². The third-order valence-electron chi connectivity index (χ3n) is 5.93. The van der Waals surface area contributed by atoms with Gasteiger partial charge in [-0.2, -0.15) is 0 Å². The van der Waals surface area contributed by atoms with Crippen molar-refractivity contribution in [2.24, 2.45) is 11.8 Å². The Bertz CT molecular complexity index is 417. The summed E-state index contributed by atoms with van der Waals surface area (Å²) < 4.78 is 0. The van der Waals surface area contributed by atoms with Crippen LogP contribution >= 0.6 is 0 Å². The minimum absolute atomic E-state index is 0.141. The molecular weight excluding hydrogens is 304 g/mol. The maximum absolute atomic E-state index is 12.7. The number of carbonyl (C=O) groups excluding carboxylic acids is 1. The summed E-state index contributed by atoms with van der Waals surface area (Å²) in [6, 6.07) is 0.698. The summed E-state index contributed by atoms with van der Waals surface area (Å²) in [5.41, 5.74) is 0. The van der Waals surface area contributed by atoms with Crippen molar-refractivity contribution in [1.29, 1.82) is 0 Å². The second-order valence-corrected chi connectivity index (χ2v) is 7.93. The fraction of sp³-hybridized carbons (Fsp3) is 0.895. The molecule has 2 fully saturated rings. The summed E-state index contributed by atoms with van der Waals surface area (Å²) in [6.07, 6.45) is 10.9. The monoisotopic (exact) mass is 338 g/mol. The molecule has 0 spiro atoms. The normalized spacial score (nSPS) is 31.0. The van der Waals surface area contributed by atoms with E-state index in [1.807, 2.05) is 0 Å². The number of aliphatic carboxylic acids is 1. The molecule has 5 heteroatoms. The van der Waals surface area contributed by atoms with Crippen LogP contribution in [0.5, 0.6) is 0 Å². The lowest BCUT2D eigenvalue weighted by Gasteiger charge is -2.37. The van der Waals surface area contributed by atoms with Crippen molar-refractivity contribution in [3.8, 4) is 0 Å². The number of nitrogens with zero attached hydrogens (tertiary/aromatic N) is 1. The molecule has 0 saturated heterocycles. The molecule has 0 aromatic rings. The first-order chi connectivity index (χ1) is 11.5. The lowest BCUT2D eigenvalue weighted by molar-refractivity contribution is -0.137. The van der Waals surface area contributed by atoms with E-state index >= 15 is 0 Å². The Morgan fingerprint density at radius 2 is 1.71 bits per heavy atom. The lowest BCUT2D eigenvalue weighted by atomic mass is 9.81. The van der Waals surface area contributed by atoms with Crippen LogP contribution < -0.4 is 5.32 Å². The molecule has 1 amide bonds. The average Bonchev–Trinajstić information content (AvgIpc) is 2.56. The van der Waals surface area contributed by atoms with Gasteiger partial charge in [0.15, 0.2) is 0 Å². The fourth-order valence-electron chi connectivity index (χ4n) is 4.48. The number of carbonyl (C=O) groups is 2. The Morgan fingerprint density at radius 1 is 1.04 bits per heavy atom. The topological polar surface area (TPSA) is 69.6 Å². The molecule has 2 N–H and O–H groups in total. The van der Waals surface area contributed by atoms with Crippen molar-refractivity contribution in [2.75, 3.05) is 14.1 Å². The van der Waals surface area contributed by atoms with Gasteiger partial charge in [-0.3, -0.25) is 9.59 Å². The highest BCUT2D eigenvalue weighted by Crippen LogP contribution is 2.30. The maximum Gasteiger partial charge on any atom is 0.303 e. The van der Waals surface area contributed by atoms with Gasteiger partial charge >= 0.3 is 5.97 Å². The Balaban J connectivity index is 1.72. The molecule has 0 bridgehead atoms. The molecular formula is C19H34N2O3. The van der Waals surface area contributed by atoms with E-state index in [-0.39, 0.29) is 18.2 Å². The van der Waals surface area contributed by atoms with Gasteiger partial charge in [-0.1, -0.05) is 12.8 Å². The van der Waals surface area contributed by atoms with E-state index in [9.17, 15) is 9.59 Å². The summed E-state index contributed by atoms with van der Waals surface area (Å²) in [5.74, 6) is 0.338. The van der Waals surface area contributed by atoms with Gasteiger partial charge in [0.2, 0.25) is 5.91 Å². The molecule has 0 aliphatic heterocycles. The van der Waals surface area contributed by atoms with Crippen molar-refractivity contribution in [1.82, 2.24) is 10.2 Å². The van der Waals surface area contributed by atoms with E-state index in [2.05, 4.69) is 24.3 Å². The predicted molar refractivity (Wildman–Crippen MR) is 94.8 cm³/mol. The van der Waals surface area contributed by atoms with Crippen LogP contribution in [0.15, 0.2) is 0 Å². The van der Waals surface area contributed by atoms with Crippen LogP contribution in [0.1, 0.15) is 70.6 Å². The Kier molecular flexibility index (Phi) is 7.53. The van der Waals surface area contributed by atoms with E-state index in [0.29, 0.717) is 18.0 Å². The lowest BCUT2D eigenvalue weighted by Crippen LogP contribution is -2.49. The second-order valence-electron chi connectivity index (χ2n) is 7.93. The first kappa shape index (κ1) is 19.2. The molecule has 2 rings (SSSR count). The zero-order chi connectivity index (χ0) is 17.5. The minimum atomic E-state index is -0.695. The van der Waals surface area contributed by atoms with Crippen LogP contribution in [0, 0.1) is 11.8 Å². The van der Waals surface area contributed by atoms with Crippen LogP contribution in [0.25, 0.3) is 0 Å². The highest BCUT2D eigenvalue weighted by atomic mass is 16.4. The Labute approximate surface area is 146 Å². The standard InChI is InChI=1S/C19H34N2O3/c1-21(2)17-8-4-3-7-16(17)19(24)20-15-12-10-14(11-13-15)6-5-9-18(22)23/h14-17H,3-13H2,1-2H3,(H,20,24)(H,22,23). The van der Waals surface area contributed by atoms with Gasteiger partial charge < -0.3 is 15.3 Å². The van der Waals surface area contributed by atoms with E-state index in [4.69, 9.17) is 5.11 Å². The summed E-state index contributed by atoms with van der Waals surface area (Å²) in [4.78, 5) is 25.5. The number of carboxylic acids is 1. The van der Waals surface area contributed by atoms with E-state index < -0.39 is 5.97 Å². The SMILES string of the molecule is CN(C)C1CCCCC1C(=O)NC1CCC(CCCC(=O)O)CC1. The highest BCUT2D eigenvalue weighted by Gasteiger charge is 2.33. The molecule has 0 heterocycles. The van der Waals surface area contributed by atoms with Crippen LogP contribution in [0.4, 0.5) is 0 Å². The van der Waals surface area contributed by atoms with Gasteiger partial charge in [0, 0.05) is 18.5 Å². The summed E-state index contributed by atoms with van der Waals surface area (Å²) >= 11 is 0. The molecule has 2 aliphatic rings. The van der Waals surface area contributed by atoms with Crippen LogP contribution in [-0.4, -0.2) is 48.1 Å². The number of rotatable bonds is 7. The maximum atomic E-state index is 12.7. The molecule has 2 atom stereocenters. The first-order valence-corrected chi connectivity index (χ1v) is 9.66. The Hall–Kier alpha value is -1.10. The first-order valence-electron chi connectivity index (χ1n) is 9.66. The number of hydrogen-bond donors (Lipinski definition) is 2.